The molecular weight excluding hydrogens is 278 g/mol. The molecule has 1 fully saturated rings. The summed E-state index contributed by atoms with van der Waals surface area (Å²) in [4.78, 5) is 16.7. The molecule has 1 saturated heterocycles. The Morgan fingerprint density at radius 3 is 3.00 bits per heavy atom. The molecule has 6 nitrogen and oxygen atoms in total. The van der Waals surface area contributed by atoms with Crippen molar-refractivity contribution in [3.05, 3.63) is 18.6 Å². The molecule has 3 heterocycles. The fourth-order valence-electron chi connectivity index (χ4n) is 3.33. The van der Waals surface area contributed by atoms with Gasteiger partial charge < -0.3 is 15.0 Å². The van der Waals surface area contributed by atoms with Gasteiger partial charge in [-0.15, -0.1) is 0 Å². The molecule has 0 bridgehead atoms. The van der Waals surface area contributed by atoms with Gasteiger partial charge in [0.05, 0.1) is 5.39 Å². The predicted octanol–water partition coefficient (Wildman–Crippen LogP) is 1.49. The van der Waals surface area contributed by atoms with Crippen LogP contribution in [-0.4, -0.2) is 63.8 Å². The Morgan fingerprint density at radius 2 is 2.23 bits per heavy atom. The van der Waals surface area contributed by atoms with Crippen LogP contribution in [0.2, 0.25) is 0 Å². The maximum atomic E-state index is 9.39. The van der Waals surface area contributed by atoms with Crippen LogP contribution in [0, 0.1) is 5.92 Å². The number of aromatic nitrogens is 3. The molecule has 6 heteroatoms. The van der Waals surface area contributed by atoms with Crippen LogP contribution in [0.4, 0.5) is 5.82 Å². The van der Waals surface area contributed by atoms with Gasteiger partial charge >= 0.3 is 0 Å². The van der Waals surface area contributed by atoms with Gasteiger partial charge in [-0.05, 0) is 18.4 Å². The van der Waals surface area contributed by atoms with Crippen LogP contribution in [0.1, 0.15) is 20.3 Å². The summed E-state index contributed by atoms with van der Waals surface area (Å²) in [6.07, 6.45) is 4.34. The van der Waals surface area contributed by atoms with Crippen LogP contribution >= 0.6 is 0 Å². The molecule has 1 aliphatic rings. The molecule has 1 unspecified atom stereocenters. The van der Waals surface area contributed by atoms with Gasteiger partial charge in [0.15, 0.2) is 0 Å². The van der Waals surface area contributed by atoms with E-state index in [0.717, 1.165) is 49.5 Å². The van der Waals surface area contributed by atoms with Crippen molar-refractivity contribution in [2.75, 3.05) is 37.7 Å². The summed E-state index contributed by atoms with van der Waals surface area (Å²) in [5, 5.41) is 10.5. The number of anilines is 1. The molecule has 0 aromatic carbocycles. The fraction of sp³-hybridized carbons (Fsp3) is 0.625. The average molecular weight is 303 g/mol. The lowest BCUT2D eigenvalue weighted by atomic mass is 10.1. The summed E-state index contributed by atoms with van der Waals surface area (Å²) in [5.74, 6) is 1.64. The third-order valence-corrected chi connectivity index (χ3v) is 4.30. The maximum Gasteiger partial charge on any atom is 0.142 e. The smallest absolute Gasteiger partial charge is 0.142 e. The summed E-state index contributed by atoms with van der Waals surface area (Å²) in [6, 6.07) is 2.41. The molecule has 1 atom stereocenters. The van der Waals surface area contributed by atoms with E-state index in [2.05, 4.69) is 38.6 Å². The first-order valence-electron chi connectivity index (χ1n) is 8.07. The zero-order chi connectivity index (χ0) is 15.5. The lowest BCUT2D eigenvalue weighted by Gasteiger charge is -2.42. The van der Waals surface area contributed by atoms with Crippen LogP contribution in [0.5, 0.6) is 0 Å². The van der Waals surface area contributed by atoms with Gasteiger partial charge in [0, 0.05) is 45.0 Å². The van der Waals surface area contributed by atoms with Gasteiger partial charge in [0.2, 0.25) is 0 Å². The maximum absolute atomic E-state index is 9.39. The minimum atomic E-state index is 0.233. The molecular formula is C16H25N5O. The van der Waals surface area contributed by atoms with E-state index in [4.69, 9.17) is 0 Å². The van der Waals surface area contributed by atoms with E-state index >= 15 is 0 Å². The SMILES string of the molecule is CC(C)CN1CCN(c2ncnc3[nH]ccc23)CC1CCO. The quantitative estimate of drug-likeness (QED) is 0.876. The number of hydrogen-bond donors (Lipinski definition) is 2. The van der Waals surface area contributed by atoms with Gasteiger partial charge in [-0.25, -0.2) is 9.97 Å². The molecule has 0 amide bonds. The Hall–Kier alpha value is -1.66. The van der Waals surface area contributed by atoms with E-state index in [1.807, 2.05) is 12.3 Å². The van der Waals surface area contributed by atoms with Crippen molar-refractivity contribution in [1.82, 2.24) is 19.9 Å². The monoisotopic (exact) mass is 303 g/mol. The molecule has 22 heavy (non-hydrogen) atoms. The molecule has 1 aliphatic heterocycles. The highest BCUT2D eigenvalue weighted by Crippen LogP contribution is 2.25. The largest absolute Gasteiger partial charge is 0.396 e. The number of aliphatic hydroxyl groups excluding tert-OH is 1. The normalized spacial score (nSPS) is 20.2. The second-order valence-electron chi connectivity index (χ2n) is 6.44. The second-order valence-corrected chi connectivity index (χ2v) is 6.44. The highest BCUT2D eigenvalue weighted by atomic mass is 16.3. The average Bonchev–Trinajstić information content (AvgIpc) is 2.97. The first-order valence-corrected chi connectivity index (χ1v) is 8.07. The van der Waals surface area contributed by atoms with E-state index in [1.165, 1.54) is 0 Å². The van der Waals surface area contributed by atoms with Crippen LogP contribution in [0.15, 0.2) is 18.6 Å². The van der Waals surface area contributed by atoms with Crippen molar-refractivity contribution in [2.24, 2.45) is 5.92 Å². The summed E-state index contributed by atoms with van der Waals surface area (Å²) < 4.78 is 0. The summed E-state index contributed by atoms with van der Waals surface area (Å²) in [5.41, 5.74) is 0.883. The van der Waals surface area contributed by atoms with Gasteiger partial charge in [-0.1, -0.05) is 13.8 Å². The van der Waals surface area contributed by atoms with Crippen molar-refractivity contribution in [3.8, 4) is 0 Å². The van der Waals surface area contributed by atoms with E-state index in [0.29, 0.717) is 12.0 Å². The Morgan fingerprint density at radius 1 is 1.36 bits per heavy atom. The van der Waals surface area contributed by atoms with Gasteiger partial charge in [-0.3, -0.25) is 4.90 Å². The molecule has 3 rings (SSSR count). The van der Waals surface area contributed by atoms with Crippen LogP contribution in [-0.2, 0) is 0 Å². The van der Waals surface area contributed by atoms with Gasteiger partial charge in [0.1, 0.15) is 17.8 Å². The standard InChI is InChI=1S/C16H25N5O/c1-12(2)9-20-6-7-21(10-13(20)4-8-22)16-14-3-5-17-15(14)18-11-19-16/h3,5,11-13,22H,4,6-10H2,1-2H3,(H,17,18,19). The van der Waals surface area contributed by atoms with E-state index in [-0.39, 0.29) is 6.61 Å². The van der Waals surface area contributed by atoms with Crippen molar-refractivity contribution in [1.29, 1.82) is 0 Å². The number of hydrogen-bond acceptors (Lipinski definition) is 5. The molecule has 2 aromatic heterocycles. The molecule has 120 valence electrons. The molecule has 2 aromatic rings. The lowest BCUT2D eigenvalue weighted by molar-refractivity contribution is 0.129. The lowest BCUT2D eigenvalue weighted by Crippen LogP contribution is -2.54. The van der Waals surface area contributed by atoms with Gasteiger partial charge in [0.25, 0.3) is 0 Å². The Balaban J connectivity index is 1.80. The third-order valence-electron chi connectivity index (χ3n) is 4.30. The number of nitrogens with one attached hydrogen (secondary N) is 1. The highest BCUT2D eigenvalue weighted by Gasteiger charge is 2.28. The molecule has 2 N–H and O–H groups in total. The van der Waals surface area contributed by atoms with E-state index in [1.54, 1.807) is 6.33 Å². The highest BCUT2D eigenvalue weighted by molar-refractivity contribution is 5.87. The fourth-order valence-corrected chi connectivity index (χ4v) is 3.33. The van der Waals surface area contributed by atoms with E-state index < -0.39 is 0 Å². The second kappa shape index (κ2) is 6.62. The first kappa shape index (κ1) is 15.2. The zero-order valence-corrected chi connectivity index (χ0v) is 13.4. The van der Waals surface area contributed by atoms with Crippen molar-refractivity contribution < 1.29 is 5.11 Å². The van der Waals surface area contributed by atoms with Crippen LogP contribution in [0.3, 0.4) is 0 Å². The number of fused-ring (bicyclic) bond motifs is 1. The number of H-pyrrole nitrogens is 1. The summed E-state index contributed by atoms with van der Waals surface area (Å²) >= 11 is 0. The molecule has 0 saturated carbocycles. The Bertz CT molecular complexity index is 611. The van der Waals surface area contributed by atoms with E-state index in [9.17, 15) is 5.11 Å². The van der Waals surface area contributed by atoms with Crippen molar-refractivity contribution in [2.45, 2.75) is 26.3 Å². The van der Waals surface area contributed by atoms with Crippen LogP contribution in [0.25, 0.3) is 11.0 Å². The number of aliphatic hydroxyl groups is 1. The molecule has 0 spiro atoms. The number of rotatable bonds is 5. The van der Waals surface area contributed by atoms with Gasteiger partial charge in [-0.2, -0.15) is 0 Å². The number of nitrogens with zero attached hydrogens (tertiary/aromatic N) is 4. The molecule has 0 aliphatic carbocycles. The topological polar surface area (TPSA) is 68.3 Å². The minimum absolute atomic E-state index is 0.233. The zero-order valence-electron chi connectivity index (χ0n) is 13.4. The first-order chi connectivity index (χ1) is 10.7. The summed E-state index contributed by atoms with van der Waals surface area (Å²) in [7, 11) is 0. The number of aromatic amines is 1. The molecule has 0 radical (unpaired) electrons. The number of piperazine rings is 1. The third kappa shape index (κ3) is 3.08. The minimum Gasteiger partial charge on any atom is -0.396 e. The Kier molecular flexibility index (Phi) is 4.59. The van der Waals surface area contributed by atoms with Crippen LogP contribution < -0.4 is 4.90 Å². The predicted molar refractivity (Wildman–Crippen MR) is 88.0 cm³/mol. The summed E-state index contributed by atoms with van der Waals surface area (Å²) in [6.45, 7) is 8.69. The Labute approximate surface area is 131 Å². The van der Waals surface area contributed by atoms with Crippen molar-refractivity contribution in [3.63, 3.8) is 0 Å². The van der Waals surface area contributed by atoms with Crippen molar-refractivity contribution >= 4 is 16.9 Å².